The number of rotatable bonds is 6. The molecule has 140 valence electrons. The van der Waals surface area contributed by atoms with Gasteiger partial charge in [0.1, 0.15) is 5.01 Å². The molecule has 0 aliphatic carbocycles. The SMILES string of the molecule is CC(=O)Nc1ccc(Cn2cc(C(=O)Cc3nccs3)c3ccccc32)cc1. The number of thiazole rings is 1. The highest BCUT2D eigenvalue weighted by Gasteiger charge is 2.16. The molecule has 4 rings (SSSR count). The lowest BCUT2D eigenvalue weighted by molar-refractivity contribution is -0.114. The first kappa shape index (κ1) is 18.1. The quantitative estimate of drug-likeness (QED) is 0.493. The standard InChI is InChI=1S/C22H19N3O2S/c1-15(26)24-17-8-6-16(7-9-17)13-25-14-19(18-4-2-3-5-20(18)25)21(27)12-22-23-10-11-28-22/h2-11,14H,12-13H2,1H3,(H,24,26). The summed E-state index contributed by atoms with van der Waals surface area (Å²) in [5.74, 6) is -0.0153. The third-order valence-corrected chi connectivity index (χ3v) is 5.29. The summed E-state index contributed by atoms with van der Waals surface area (Å²) in [5, 5.41) is 6.44. The molecular weight excluding hydrogens is 370 g/mol. The van der Waals surface area contributed by atoms with E-state index in [9.17, 15) is 9.59 Å². The van der Waals surface area contributed by atoms with E-state index in [-0.39, 0.29) is 11.7 Å². The minimum atomic E-state index is -0.0902. The average Bonchev–Trinajstić information content (AvgIpc) is 3.31. The molecule has 0 fully saturated rings. The maximum atomic E-state index is 12.9. The molecule has 6 heteroatoms. The molecule has 0 aliphatic rings. The van der Waals surface area contributed by atoms with E-state index in [0.29, 0.717) is 13.0 Å². The van der Waals surface area contributed by atoms with Crippen molar-refractivity contribution in [2.45, 2.75) is 19.9 Å². The average molecular weight is 389 g/mol. The van der Waals surface area contributed by atoms with Crippen LogP contribution < -0.4 is 5.32 Å². The lowest BCUT2D eigenvalue weighted by atomic mass is 10.1. The highest BCUT2D eigenvalue weighted by Crippen LogP contribution is 2.24. The Labute approximate surface area is 166 Å². The number of aromatic nitrogens is 2. The molecular formula is C22H19N3O2S. The fourth-order valence-electron chi connectivity index (χ4n) is 3.27. The van der Waals surface area contributed by atoms with E-state index in [1.807, 2.05) is 60.1 Å². The van der Waals surface area contributed by atoms with Crippen LogP contribution in [-0.4, -0.2) is 21.2 Å². The van der Waals surface area contributed by atoms with Crippen LogP contribution >= 0.6 is 11.3 Å². The third kappa shape index (κ3) is 3.87. The number of carbonyl (C=O) groups is 2. The van der Waals surface area contributed by atoms with Crippen molar-refractivity contribution in [1.29, 1.82) is 0 Å². The van der Waals surface area contributed by atoms with Crippen LogP contribution in [0.2, 0.25) is 0 Å². The number of nitrogens with one attached hydrogen (secondary N) is 1. The fourth-order valence-corrected chi connectivity index (χ4v) is 3.88. The van der Waals surface area contributed by atoms with Crippen LogP contribution in [0.1, 0.15) is 27.9 Å². The molecule has 4 aromatic rings. The molecule has 5 nitrogen and oxygen atoms in total. The number of hydrogen-bond donors (Lipinski definition) is 1. The van der Waals surface area contributed by atoms with Crippen LogP contribution in [0.4, 0.5) is 5.69 Å². The van der Waals surface area contributed by atoms with Crippen LogP contribution in [0.3, 0.4) is 0 Å². The molecule has 28 heavy (non-hydrogen) atoms. The minimum absolute atomic E-state index is 0.0749. The van der Waals surface area contributed by atoms with Gasteiger partial charge in [-0.3, -0.25) is 9.59 Å². The Kier molecular flexibility index (Phi) is 5.04. The predicted molar refractivity (Wildman–Crippen MR) is 112 cm³/mol. The van der Waals surface area contributed by atoms with Gasteiger partial charge in [0.2, 0.25) is 5.91 Å². The van der Waals surface area contributed by atoms with E-state index < -0.39 is 0 Å². The lowest BCUT2D eigenvalue weighted by Gasteiger charge is -2.07. The Hall–Kier alpha value is -3.25. The van der Waals surface area contributed by atoms with Crippen molar-refractivity contribution in [1.82, 2.24) is 9.55 Å². The van der Waals surface area contributed by atoms with Crippen LogP contribution in [-0.2, 0) is 17.8 Å². The Balaban J connectivity index is 1.62. The number of benzene rings is 2. The molecule has 0 saturated carbocycles. The van der Waals surface area contributed by atoms with Crippen molar-refractivity contribution in [2.75, 3.05) is 5.32 Å². The van der Waals surface area contributed by atoms with Gasteiger partial charge in [0.15, 0.2) is 5.78 Å². The first-order valence-electron chi connectivity index (χ1n) is 8.96. The smallest absolute Gasteiger partial charge is 0.221 e. The maximum absolute atomic E-state index is 12.9. The number of ketones is 1. The topological polar surface area (TPSA) is 64.0 Å². The summed E-state index contributed by atoms with van der Waals surface area (Å²) in [7, 11) is 0. The van der Waals surface area contributed by atoms with Crippen molar-refractivity contribution >= 4 is 39.6 Å². The van der Waals surface area contributed by atoms with Gasteiger partial charge in [-0.05, 0) is 23.8 Å². The summed E-state index contributed by atoms with van der Waals surface area (Å²) in [5.41, 5.74) is 3.61. The number of carbonyl (C=O) groups excluding carboxylic acids is 2. The van der Waals surface area contributed by atoms with Crippen molar-refractivity contribution in [3.8, 4) is 0 Å². The highest BCUT2D eigenvalue weighted by atomic mass is 32.1. The zero-order valence-corrected chi connectivity index (χ0v) is 16.2. The van der Waals surface area contributed by atoms with Gasteiger partial charge in [0.25, 0.3) is 0 Å². The van der Waals surface area contributed by atoms with Crippen molar-refractivity contribution in [3.63, 3.8) is 0 Å². The number of amides is 1. The summed E-state index contributed by atoms with van der Waals surface area (Å²) >= 11 is 1.50. The molecule has 0 saturated heterocycles. The monoisotopic (exact) mass is 389 g/mol. The summed E-state index contributed by atoms with van der Waals surface area (Å²) in [6.45, 7) is 2.13. The zero-order valence-electron chi connectivity index (χ0n) is 15.4. The highest BCUT2D eigenvalue weighted by molar-refractivity contribution is 7.09. The fraction of sp³-hybridized carbons (Fsp3) is 0.136. The van der Waals surface area contributed by atoms with Crippen molar-refractivity contribution < 1.29 is 9.59 Å². The van der Waals surface area contributed by atoms with E-state index in [2.05, 4.69) is 14.9 Å². The molecule has 2 aromatic carbocycles. The molecule has 0 spiro atoms. The number of nitrogens with zero attached hydrogens (tertiary/aromatic N) is 2. The van der Waals surface area contributed by atoms with Crippen LogP contribution in [0.5, 0.6) is 0 Å². The Morgan fingerprint density at radius 3 is 2.61 bits per heavy atom. The number of fused-ring (bicyclic) bond motifs is 1. The number of para-hydroxylation sites is 1. The van der Waals surface area contributed by atoms with E-state index in [1.165, 1.54) is 18.3 Å². The minimum Gasteiger partial charge on any atom is -0.342 e. The van der Waals surface area contributed by atoms with Gasteiger partial charge in [-0.2, -0.15) is 0 Å². The third-order valence-electron chi connectivity index (χ3n) is 4.51. The second-order valence-electron chi connectivity index (χ2n) is 6.59. The number of anilines is 1. The van der Waals surface area contributed by atoms with Crippen LogP contribution in [0.15, 0.2) is 66.3 Å². The molecule has 1 N–H and O–H groups in total. The Bertz CT molecular complexity index is 1130. The largest absolute Gasteiger partial charge is 0.342 e. The first-order chi connectivity index (χ1) is 13.6. The summed E-state index contributed by atoms with van der Waals surface area (Å²) in [6, 6.07) is 15.7. The first-order valence-corrected chi connectivity index (χ1v) is 9.84. The molecule has 0 unspecified atom stereocenters. The maximum Gasteiger partial charge on any atom is 0.221 e. The molecule has 0 aliphatic heterocycles. The van der Waals surface area contributed by atoms with Gasteiger partial charge in [0, 0.05) is 53.4 Å². The second-order valence-corrected chi connectivity index (χ2v) is 7.57. The summed E-state index contributed by atoms with van der Waals surface area (Å²) in [4.78, 5) is 28.2. The number of hydrogen-bond acceptors (Lipinski definition) is 4. The Morgan fingerprint density at radius 1 is 1.11 bits per heavy atom. The molecule has 2 aromatic heterocycles. The van der Waals surface area contributed by atoms with Crippen molar-refractivity contribution in [3.05, 3.63) is 82.4 Å². The van der Waals surface area contributed by atoms with Crippen LogP contribution in [0.25, 0.3) is 10.9 Å². The molecule has 0 radical (unpaired) electrons. The summed E-state index contributed by atoms with van der Waals surface area (Å²) in [6.07, 6.45) is 3.97. The van der Waals surface area contributed by atoms with Gasteiger partial charge >= 0.3 is 0 Å². The van der Waals surface area contributed by atoms with Gasteiger partial charge in [-0.15, -0.1) is 11.3 Å². The molecule has 0 bridgehead atoms. The van der Waals surface area contributed by atoms with Crippen molar-refractivity contribution in [2.24, 2.45) is 0 Å². The van der Waals surface area contributed by atoms with Gasteiger partial charge < -0.3 is 9.88 Å². The van der Waals surface area contributed by atoms with E-state index >= 15 is 0 Å². The predicted octanol–water partition coefficient (Wildman–Crippen LogP) is 4.53. The summed E-state index contributed by atoms with van der Waals surface area (Å²) < 4.78 is 2.10. The van der Waals surface area contributed by atoms with E-state index in [0.717, 1.165) is 32.7 Å². The molecule has 2 heterocycles. The zero-order chi connectivity index (χ0) is 19.5. The van der Waals surface area contributed by atoms with E-state index in [4.69, 9.17) is 0 Å². The van der Waals surface area contributed by atoms with Gasteiger partial charge in [-0.1, -0.05) is 30.3 Å². The number of Topliss-reactive ketones (excluding diaryl/α,β-unsaturated/α-hetero) is 1. The van der Waals surface area contributed by atoms with Gasteiger partial charge in [-0.25, -0.2) is 4.98 Å². The van der Waals surface area contributed by atoms with Crippen LogP contribution in [0, 0.1) is 0 Å². The van der Waals surface area contributed by atoms with Gasteiger partial charge in [0.05, 0.1) is 6.42 Å². The molecule has 0 atom stereocenters. The lowest BCUT2D eigenvalue weighted by Crippen LogP contribution is -2.06. The van der Waals surface area contributed by atoms with E-state index in [1.54, 1.807) is 6.20 Å². The molecule has 1 amide bonds. The Morgan fingerprint density at radius 2 is 1.89 bits per heavy atom. The normalized spacial score (nSPS) is 10.9. The second kappa shape index (κ2) is 7.78.